The fourth-order valence-electron chi connectivity index (χ4n) is 5.95. The maximum atomic E-state index is 11.3. The molecule has 5 fully saturated rings. The third-order valence-electron chi connectivity index (χ3n) is 7.85. The summed E-state index contributed by atoms with van der Waals surface area (Å²) in [5, 5.41) is 11.9. The van der Waals surface area contributed by atoms with E-state index in [4.69, 9.17) is 26.1 Å². The molecule has 0 radical (unpaired) electrons. The maximum Gasteiger partial charge on any atom is 0.245 e. The molecule has 6 nitrogen and oxygen atoms in total. The van der Waals surface area contributed by atoms with E-state index >= 15 is 0 Å². The van der Waals surface area contributed by atoms with Crippen LogP contribution in [-0.2, 0) is 15.9 Å². The number of nitrogens with one attached hydrogen (secondary N) is 1. The zero-order valence-electron chi connectivity index (χ0n) is 19.4. The van der Waals surface area contributed by atoms with Crippen LogP contribution in [0.15, 0.2) is 36.4 Å². The van der Waals surface area contributed by atoms with Crippen LogP contribution in [0.1, 0.15) is 36.1 Å². The summed E-state index contributed by atoms with van der Waals surface area (Å²) >= 11 is 6.80. The van der Waals surface area contributed by atoms with E-state index in [2.05, 4.69) is 28.9 Å². The molecular formula is C27H31ClN3O3+. The minimum atomic E-state index is -0.963. The summed E-state index contributed by atoms with van der Waals surface area (Å²) < 4.78 is 11.8. The normalized spacial score (nSPS) is 31.5. The molecule has 2 aromatic rings. The van der Waals surface area contributed by atoms with Crippen LogP contribution in [0.25, 0.3) is 0 Å². The SMILES string of the molecule is OC1(C#Cc2cc(Cl)c([NH+]3CCC4(C3)OCCO4)nc2Cc2ccccc2)CN2CCC1CC2. The van der Waals surface area contributed by atoms with Crippen molar-refractivity contribution in [1.82, 2.24) is 9.88 Å². The number of piperidine rings is 3. The quantitative estimate of drug-likeness (QED) is 0.656. The molecule has 2 unspecified atom stereocenters. The summed E-state index contributed by atoms with van der Waals surface area (Å²) in [5.41, 5.74) is 1.90. The van der Waals surface area contributed by atoms with E-state index < -0.39 is 11.4 Å². The number of nitrogens with zero attached hydrogens (tertiary/aromatic N) is 2. The molecule has 0 saturated carbocycles. The first-order valence-corrected chi connectivity index (χ1v) is 12.7. The summed E-state index contributed by atoms with van der Waals surface area (Å²) in [6, 6.07) is 12.2. The van der Waals surface area contributed by atoms with Crippen molar-refractivity contribution >= 4 is 17.4 Å². The molecule has 0 aliphatic carbocycles. The van der Waals surface area contributed by atoms with E-state index in [1.54, 1.807) is 0 Å². The highest BCUT2D eigenvalue weighted by molar-refractivity contribution is 6.32. The zero-order valence-corrected chi connectivity index (χ0v) is 20.1. The van der Waals surface area contributed by atoms with Crippen LogP contribution in [0.3, 0.4) is 0 Å². The highest BCUT2D eigenvalue weighted by Crippen LogP contribution is 2.35. The van der Waals surface area contributed by atoms with E-state index in [-0.39, 0.29) is 5.92 Å². The number of fused-ring (bicyclic) bond motifs is 3. The van der Waals surface area contributed by atoms with Crippen LogP contribution < -0.4 is 4.90 Å². The van der Waals surface area contributed by atoms with E-state index in [9.17, 15) is 5.11 Å². The van der Waals surface area contributed by atoms with Gasteiger partial charge in [0.1, 0.15) is 17.2 Å². The van der Waals surface area contributed by atoms with Gasteiger partial charge in [-0.15, -0.1) is 0 Å². The molecule has 6 heterocycles. The highest BCUT2D eigenvalue weighted by Gasteiger charge is 2.48. The number of hydrogen-bond acceptors (Lipinski definition) is 5. The molecule has 7 heteroatoms. The van der Waals surface area contributed by atoms with E-state index in [0.29, 0.717) is 37.7 Å². The average molecular weight is 481 g/mol. The number of aromatic nitrogens is 1. The number of aliphatic hydroxyl groups is 1. The Hall–Kier alpha value is -1.98. The molecule has 2 N–H and O–H groups in total. The summed E-state index contributed by atoms with van der Waals surface area (Å²) in [4.78, 5) is 8.55. The molecule has 2 bridgehead atoms. The van der Waals surface area contributed by atoms with Gasteiger partial charge in [0.25, 0.3) is 0 Å². The minimum absolute atomic E-state index is 0.238. The number of hydrogen-bond donors (Lipinski definition) is 2. The Morgan fingerprint density at radius 2 is 1.94 bits per heavy atom. The van der Waals surface area contributed by atoms with Gasteiger partial charge < -0.3 is 14.6 Å². The topological polar surface area (TPSA) is 59.3 Å². The molecule has 1 aromatic heterocycles. The molecular weight excluding hydrogens is 450 g/mol. The Morgan fingerprint density at radius 1 is 1.18 bits per heavy atom. The molecule has 5 saturated heterocycles. The third-order valence-corrected chi connectivity index (χ3v) is 8.14. The van der Waals surface area contributed by atoms with Gasteiger partial charge >= 0.3 is 0 Å². The molecule has 0 amide bonds. The van der Waals surface area contributed by atoms with Crippen molar-refractivity contribution in [1.29, 1.82) is 0 Å². The van der Waals surface area contributed by atoms with Gasteiger partial charge in [0, 0.05) is 24.4 Å². The molecule has 178 valence electrons. The maximum absolute atomic E-state index is 11.3. The molecule has 1 spiro atoms. The van der Waals surface area contributed by atoms with Gasteiger partial charge in [-0.2, -0.15) is 4.98 Å². The fourth-order valence-corrected chi connectivity index (χ4v) is 6.24. The van der Waals surface area contributed by atoms with Crippen molar-refractivity contribution in [3.05, 3.63) is 58.2 Å². The molecule has 5 aliphatic rings. The van der Waals surface area contributed by atoms with E-state index in [0.717, 1.165) is 56.0 Å². The Labute approximate surface area is 205 Å². The fraction of sp³-hybridized carbons (Fsp3) is 0.519. The first kappa shape index (κ1) is 22.5. The van der Waals surface area contributed by atoms with Gasteiger partial charge in [-0.3, -0.25) is 9.80 Å². The smallest absolute Gasteiger partial charge is 0.245 e. The molecule has 1 aromatic carbocycles. The first-order valence-electron chi connectivity index (χ1n) is 12.4. The van der Waals surface area contributed by atoms with Crippen molar-refractivity contribution in [2.24, 2.45) is 5.92 Å². The number of rotatable bonds is 3. The number of benzene rings is 1. The number of ether oxygens (including phenoxy) is 2. The van der Waals surface area contributed by atoms with Crippen molar-refractivity contribution in [3.8, 4) is 11.8 Å². The largest absolute Gasteiger partial charge is 0.376 e. The first-order chi connectivity index (χ1) is 16.5. The van der Waals surface area contributed by atoms with Crippen molar-refractivity contribution in [3.63, 3.8) is 0 Å². The Kier molecular flexibility index (Phi) is 5.89. The predicted molar refractivity (Wildman–Crippen MR) is 129 cm³/mol. The van der Waals surface area contributed by atoms with Gasteiger partial charge in [-0.05, 0) is 37.6 Å². The minimum Gasteiger partial charge on any atom is -0.376 e. The molecule has 2 atom stereocenters. The monoisotopic (exact) mass is 480 g/mol. The summed E-state index contributed by atoms with van der Waals surface area (Å²) in [7, 11) is 0. The molecule has 34 heavy (non-hydrogen) atoms. The second-order valence-electron chi connectivity index (χ2n) is 10.1. The Morgan fingerprint density at radius 3 is 2.65 bits per heavy atom. The van der Waals surface area contributed by atoms with Crippen molar-refractivity contribution in [2.45, 2.75) is 37.1 Å². The molecule has 5 aliphatic heterocycles. The van der Waals surface area contributed by atoms with Gasteiger partial charge in [-0.1, -0.05) is 53.8 Å². The van der Waals surface area contributed by atoms with Gasteiger partial charge in [0.15, 0.2) is 0 Å². The van der Waals surface area contributed by atoms with Gasteiger partial charge in [0.05, 0.1) is 31.9 Å². The van der Waals surface area contributed by atoms with Crippen LogP contribution in [0.2, 0.25) is 5.02 Å². The van der Waals surface area contributed by atoms with E-state index in [1.165, 1.54) is 10.5 Å². The van der Waals surface area contributed by atoms with Crippen molar-refractivity contribution in [2.75, 3.05) is 45.9 Å². The zero-order chi connectivity index (χ0) is 23.2. The highest BCUT2D eigenvalue weighted by atomic mass is 35.5. The Balaban J connectivity index is 1.34. The average Bonchev–Trinajstić information content (AvgIpc) is 3.50. The van der Waals surface area contributed by atoms with Gasteiger partial charge in [-0.25, -0.2) is 0 Å². The number of quaternary nitrogens is 1. The predicted octanol–water partition coefficient (Wildman–Crippen LogP) is 1.80. The van der Waals surface area contributed by atoms with Crippen LogP contribution in [-0.4, -0.2) is 72.3 Å². The summed E-state index contributed by atoms with van der Waals surface area (Å²) in [5.74, 6) is 7.11. The van der Waals surface area contributed by atoms with Crippen LogP contribution in [0, 0.1) is 17.8 Å². The van der Waals surface area contributed by atoms with Crippen LogP contribution >= 0.6 is 11.6 Å². The lowest BCUT2D eigenvalue weighted by Gasteiger charge is -2.47. The number of pyridine rings is 1. The Bertz CT molecular complexity index is 1120. The lowest BCUT2D eigenvalue weighted by Crippen LogP contribution is -3.06. The third kappa shape index (κ3) is 4.26. The van der Waals surface area contributed by atoms with Crippen LogP contribution in [0.5, 0.6) is 0 Å². The van der Waals surface area contributed by atoms with Crippen LogP contribution in [0.4, 0.5) is 5.82 Å². The van der Waals surface area contributed by atoms with E-state index in [1.807, 2.05) is 24.3 Å². The van der Waals surface area contributed by atoms with Crippen molar-refractivity contribution < 1.29 is 19.5 Å². The van der Waals surface area contributed by atoms with Gasteiger partial charge in [0.2, 0.25) is 11.6 Å². The second-order valence-corrected chi connectivity index (χ2v) is 10.5. The lowest BCUT2D eigenvalue weighted by atomic mass is 9.75. The summed E-state index contributed by atoms with van der Waals surface area (Å²) in [6.45, 7) is 5.59. The lowest BCUT2D eigenvalue weighted by molar-refractivity contribution is -0.826. The molecule has 7 rings (SSSR count). The summed E-state index contributed by atoms with van der Waals surface area (Å²) in [6.07, 6.45) is 3.50. The second kappa shape index (κ2) is 8.91. The standard InChI is InChI=1S/C27H30ClN3O3/c28-23-17-21(6-9-26(32)18-30-11-7-22(26)8-12-30)24(16-20-4-2-1-3-5-20)29-25(23)31-13-10-27(19-31)33-14-15-34-27/h1-5,17,22,32H,7-8,10-16,18-19H2/p+1. The number of halogens is 1.